The van der Waals surface area contributed by atoms with Gasteiger partial charge in [0.25, 0.3) is 0 Å². The van der Waals surface area contributed by atoms with Crippen molar-refractivity contribution in [2.45, 2.75) is 6.42 Å². The molecule has 0 unspecified atom stereocenters. The summed E-state index contributed by atoms with van der Waals surface area (Å²) in [6.45, 7) is 0.494. The van der Waals surface area contributed by atoms with Gasteiger partial charge in [-0.3, -0.25) is 15.3 Å². The first-order valence-electron chi connectivity index (χ1n) is 6.01. The summed E-state index contributed by atoms with van der Waals surface area (Å²) in [6, 6.07) is 13.5. The Hall–Kier alpha value is -2.67. The van der Waals surface area contributed by atoms with Crippen molar-refractivity contribution >= 4 is 5.84 Å². The van der Waals surface area contributed by atoms with Crippen LogP contribution in [-0.4, -0.2) is 22.3 Å². The summed E-state index contributed by atoms with van der Waals surface area (Å²) in [4.78, 5) is 5.34. The molecule has 0 amide bonds. The van der Waals surface area contributed by atoms with E-state index >= 15 is 0 Å². The lowest BCUT2D eigenvalue weighted by atomic mass is 10.1. The van der Waals surface area contributed by atoms with Gasteiger partial charge >= 0.3 is 0 Å². The van der Waals surface area contributed by atoms with Crippen LogP contribution in [0.5, 0.6) is 0 Å². The van der Waals surface area contributed by atoms with E-state index in [1.54, 1.807) is 24.5 Å². The van der Waals surface area contributed by atoms with Crippen molar-refractivity contribution in [3.8, 4) is 6.19 Å². The van der Waals surface area contributed by atoms with E-state index in [2.05, 4.69) is 11.2 Å². The van der Waals surface area contributed by atoms with Crippen molar-refractivity contribution in [2.24, 2.45) is 0 Å². The van der Waals surface area contributed by atoms with Crippen LogP contribution in [0, 0.1) is 16.9 Å². The fraction of sp³-hybridized carbons (Fsp3) is 0.133. The number of nitrogens with zero attached hydrogens (tertiary/aromatic N) is 3. The lowest BCUT2D eigenvalue weighted by Crippen LogP contribution is -2.28. The minimum atomic E-state index is 0.187. The summed E-state index contributed by atoms with van der Waals surface area (Å²) in [5.41, 5.74) is 1.80. The highest BCUT2D eigenvalue weighted by Gasteiger charge is 2.11. The molecule has 0 atom stereocenters. The molecule has 0 aliphatic rings. The van der Waals surface area contributed by atoms with Gasteiger partial charge in [-0.25, -0.2) is 0 Å². The Morgan fingerprint density at radius 3 is 2.63 bits per heavy atom. The molecular formula is C15H14N4. The molecule has 0 spiro atoms. The molecule has 1 N–H and O–H groups in total. The van der Waals surface area contributed by atoms with Crippen LogP contribution in [-0.2, 0) is 6.42 Å². The summed E-state index contributed by atoms with van der Waals surface area (Å²) in [6.07, 6.45) is 6.03. The number of amidine groups is 1. The molecule has 0 aliphatic heterocycles. The van der Waals surface area contributed by atoms with E-state index in [9.17, 15) is 0 Å². The SMILES string of the molecule is N#CN(CCc1ccccc1)C(=N)c1cccnc1. The molecule has 1 aromatic heterocycles. The summed E-state index contributed by atoms with van der Waals surface area (Å²) in [5, 5.41) is 17.2. The van der Waals surface area contributed by atoms with Crippen molar-refractivity contribution in [2.75, 3.05) is 6.54 Å². The molecule has 0 saturated heterocycles. The summed E-state index contributed by atoms with van der Waals surface area (Å²) in [5.74, 6) is 0.187. The van der Waals surface area contributed by atoms with Gasteiger partial charge in [-0.15, -0.1) is 0 Å². The predicted octanol–water partition coefficient (Wildman–Crippen LogP) is 2.43. The van der Waals surface area contributed by atoms with E-state index in [0.717, 1.165) is 12.0 Å². The van der Waals surface area contributed by atoms with Crippen LogP contribution in [0.15, 0.2) is 54.9 Å². The van der Waals surface area contributed by atoms with Gasteiger partial charge < -0.3 is 0 Å². The Bertz CT molecular complexity index is 572. The zero-order valence-corrected chi connectivity index (χ0v) is 10.5. The molecule has 2 rings (SSSR count). The number of aromatic nitrogens is 1. The Morgan fingerprint density at radius 1 is 1.21 bits per heavy atom. The smallest absolute Gasteiger partial charge is 0.185 e. The normalized spacial score (nSPS) is 9.63. The number of rotatable bonds is 4. The molecule has 19 heavy (non-hydrogen) atoms. The van der Waals surface area contributed by atoms with Gasteiger partial charge in [-0.1, -0.05) is 30.3 Å². The summed E-state index contributed by atoms with van der Waals surface area (Å²) < 4.78 is 0. The number of nitriles is 1. The van der Waals surface area contributed by atoms with Gasteiger partial charge in [0.15, 0.2) is 6.19 Å². The number of pyridine rings is 1. The molecule has 2 aromatic rings. The van der Waals surface area contributed by atoms with Crippen LogP contribution in [0.1, 0.15) is 11.1 Å². The third kappa shape index (κ3) is 3.39. The van der Waals surface area contributed by atoms with Crippen molar-refractivity contribution in [3.05, 3.63) is 66.0 Å². The summed E-state index contributed by atoms with van der Waals surface area (Å²) in [7, 11) is 0. The number of nitrogens with one attached hydrogen (secondary N) is 1. The maximum absolute atomic E-state index is 9.15. The topological polar surface area (TPSA) is 63.8 Å². The van der Waals surface area contributed by atoms with Crippen LogP contribution in [0.4, 0.5) is 0 Å². The van der Waals surface area contributed by atoms with Crippen LogP contribution >= 0.6 is 0 Å². The maximum atomic E-state index is 9.15. The number of hydrogen-bond donors (Lipinski definition) is 1. The second-order valence-corrected chi connectivity index (χ2v) is 4.08. The van der Waals surface area contributed by atoms with E-state index < -0.39 is 0 Å². The Balaban J connectivity index is 2.02. The van der Waals surface area contributed by atoms with Gasteiger partial charge in [-0.2, -0.15) is 5.26 Å². The van der Waals surface area contributed by atoms with Crippen LogP contribution in [0.3, 0.4) is 0 Å². The minimum absolute atomic E-state index is 0.187. The second-order valence-electron chi connectivity index (χ2n) is 4.08. The van der Waals surface area contributed by atoms with Crippen molar-refractivity contribution in [1.82, 2.24) is 9.88 Å². The average molecular weight is 250 g/mol. The fourth-order valence-electron chi connectivity index (χ4n) is 1.76. The highest BCUT2D eigenvalue weighted by Crippen LogP contribution is 2.05. The zero-order valence-electron chi connectivity index (χ0n) is 10.5. The second kappa shape index (κ2) is 6.31. The lowest BCUT2D eigenvalue weighted by molar-refractivity contribution is 0.572. The maximum Gasteiger partial charge on any atom is 0.185 e. The predicted molar refractivity (Wildman–Crippen MR) is 73.5 cm³/mol. The standard InChI is InChI=1S/C15H14N4/c16-12-19(10-8-13-5-2-1-3-6-13)15(17)14-7-4-9-18-11-14/h1-7,9,11,17H,8,10H2. The molecular weight excluding hydrogens is 236 g/mol. The third-order valence-corrected chi connectivity index (χ3v) is 2.79. The first kappa shape index (κ1) is 12.8. The van der Waals surface area contributed by atoms with Gasteiger partial charge in [0.2, 0.25) is 0 Å². The van der Waals surface area contributed by atoms with Crippen LogP contribution in [0.2, 0.25) is 0 Å². The first-order chi connectivity index (χ1) is 9.31. The van der Waals surface area contributed by atoms with Crippen molar-refractivity contribution in [1.29, 1.82) is 10.7 Å². The van der Waals surface area contributed by atoms with Crippen molar-refractivity contribution in [3.63, 3.8) is 0 Å². The van der Waals surface area contributed by atoms with Gasteiger partial charge in [0.05, 0.1) is 0 Å². The highest BCUT2D eigenvalue weighted by atomic mass is 15.2. The molecule has 0 saturated carbocycles. The number of hydrogen-bond acceptors (Lipinski definition) is 3. The molecule has 0 fully saturated rings. The van der Waals surface area contributed by atoms with Crippen molar-refractivity contribution < 1.29 is 0 Å². The molecule has 4 heteroatoms. The molecule has 1 aromatic carbocycles. The zero-order chi connectivity index (χ0) is 13.5. The fourth-order valence-corrected chi connectivity index (χ4v) is 1.76. The Morgan fingerprint density at radius 2 is 2.00 bits per heavy atom. The lowest BCUT2D eigenvalue weighted by Gasteiger charge is -2.16. The monoisotopic (exact) mass is 250 g/mol. The Labute approximate surface area is 112 Å². The van der Waals surface area contributed by atoms with E-state index in [4.69, 9.17) is 10.7 Å². The Kier molecular flexibility index (Phi) is 4.25. The van der Waals surface area contributed by atoms with Gasteiger partial charge in [0.1, 0.15) is 5.84 Å². The highest BCUT2D eigenvalue weighted by molar-refractivity contribution is 5.96. The van der Waals surface area contributed by atoms with E-state index in [0.29, 0.717) is 12.1 Å². The molecule has 0 bridgehead atoms. The first-order valence-corrected chi connectivity index (χ1v) is 6.01. The molecule has 0 radical (unpaired) electrons. The molecule has 0 aliphatic carbocycles. The van der Waals surface area contributed by atoms with Gasteiger partial charge in [0, 0.05) is 24.5 Å². The summed E-state index contributed by atoms with van der Waals surface area (Å²) >= 11 is 0. The molecule has 1 heterocycles. The average Bonchev–Trinajstić information content (AvgIpc) is 2.49. The van der Waals surface area contributed by atoms with Gasteiger partial charge in [-0.05, 0) is 24.1 Å². The largest absolute Gasteiger partial charge is 0.283 e. The molecule has 94 valence electrons. The molecule has 4 nitrogen and oxygen atoms in total. The third-order valence-electron chi connectivity index (χ3n) is 2.79. The minimum Gasteiger partial charge on any atom is -0.283 e. The number of benzene rings is 1. The van der Waals surface area contributed by atoms with E-state index in [-0.39, 0.29) is 5.84 Å². The van der Waals surface area contributed by atoms with E-state index in [1.165, 1.54) is 4.90 Å². The van der Waals surface area contributed by atoms with E-state index in [1.807, 2.05) is 30.3 Å². The van der Waals surface area contributed by atoms with Crippen LogP contribution in [0.25, 0.3) is 0 Å². The van der Waals surface area contributed by atoms with Crippen LogP contribution < -0.4 is 0 Å². The quantitative estimate of drug-likeness (QED) is 0.392.